The minimum Gasteiger partial charge on any atom is -0.339 e. The number of benzene rings is 1. The van der Waals surface area contributed by atoms with E-state index in [4.69, 9.17) is 4.52 Å². The van der Waals surface area contributed by atoms with E-state index in [1.54, 1.807) is 12.1 Å². The van der Waals surface area contributed by atoms with Gasteiger partial charge in [0.15, 0.2) is 0 Å². The van der Waals surface area contributed by atoms with Crippen molar-refractivity contribution in [3.05, 3.63) is 40.3 Å². The van der Waals surface area contributed by atoms with E-state index in [1.807, 2.05) is 0 Å². The normalized spacial score (nSPS) is 18.9. The second kappa shape index (κ2) is 5.38. The standard InChI is InChI=1S/C13H14N4O3/c18-17(19)11-5-1-3-9(7-11)12-15-13(20-16-12)10-4-2-6-14-8-10/h1,3,5,7,10,14H,2,4,6,8H2. The first-order valence-corrected chi connectivity index (χ1v) is 6.53. The van der Waals surface area contributed by atoms with Gasteiger partial charge in [0.25, 0.3) is 5.69 Å². The second-order valence-electron chi connectivity index (χ2n) is 4.81. The van der Waals surface area contributed by atoms with Crippen molar-refractivity contribution >= 4 is 5.69 Å². The van der Waals surface area contributed by atoms with E-state index >= 15 is 0 Å². The van der Waals surface area contributed by atoms with Gasteiger partial charge in [0.1, 0.15) is 0 Å². The van der Waals surface area contributed by atoms with Gasteiger partial charge in [-0.25, -0.2) is 0 Å². The Morgan fingerprint density at radius 3 is 3.10 bits per heavy atom. The van der Waals surface area contributed by atoms with Crippen LogP contribution < -0.4 is 5.32 Å². The van der Waals surface area contributed by atoms with Crippen molar-refractivity contribution in [3.8, 4) is 11.4 Å². The number of aromatic nitrogens is 2. The molecule has 1 aliphatic rings. The van der Waals surface area contributed by atoms with Crippen molar-refractivity contribution in [2.24, 2.45) is 0 Å². The molecular formula is C13H14N4O3. The predicted molar refractivity (Wildman–Crippen MR) is 71.2 cm³/mol. The largest absolute Gasteiger partial charge is 0.339 e. The van der Waals surface area contributed by atoms with Gasteiger partial charge >= 0.3 is 0 Å². The highest BCUT2D eigenvalue weighted by atomic mass is 16.6. The third-order valence-corrected chi connectivity index (χ3v) is 3.40. The van der Waals surface area contributed by atoms with Crippen molar-refractivity contribution in [2.75, 3.05) is 13.1 Å². The zero-order valence-electron chi connectivity index (χ0n) is 10.8. The van der Waals surface area contributed by atoms with Gasteiger partial charge in [-0.05, 0) is 19.4 Å². The summed E-state index contributed by atoms with van der Waals surface area (Å²) >= 11 is 0. The Kier molecular flexibility index (Phi) is 3.42. The highest BCUT2D eigenvalue weighted by Gasteiger charge is 2.22. The summed E-state index contributed by atoms with van der Waals surface area (Å²) in [6, 6.07) is 6.25. The number of piperidine rings is 1. The first-order chi connectivity index (χ1) is 9.74. The fourth-order valence-corrected chi connectivity index (χ4v) is 2.34. The van der Waals surface area contributed by atoms with Gasteiger partial charge in [-0.1, -0.05) is 17.3 Å². The number of nitro benzene ring substituents is 1. The number of hydrogen-bond acceptors (Lipinski definition) is 6. The molecule has 20 heavy (non-hydrogen) atoms. The molecule has 0 bridgehead atoms. The van der Waals surface area contributed by atoms with E-state index in [0.717, 1.165) is 25.9 Å². The van der Waals surface area contributed by atoms with Gasteiger partial charge in [-0.2, -0.15) is 4.98 Å². The lowest BCUT2D eigenvalue weighted by Gasteiger charge is -2.18. The number of nitro groups is 1. The summed E-state index contributed by atoms with van der Waals surface area (Å²) in [6.45, 7) is 1.85. The van der Waals surface area contributed by atoms with Crippen LogP contribution in [0.15, 0.2) is 28.8 Å². The monoisotopic (exact) mass is 274 g/mol. The smallest absolute Gasteiger partial charge is 0.270 e. The number of rotatable bonds is 3. The van der Waals surface area contributed by atoms with E-state index in [-0.39, 0.29) is 11.6 Å². The summed E-state index contributed by atoms with van der Waals surface area (Å²) in [7, 11) is 0. The molecule has 1 aromatic carbocycles. The Bertz CT molecular complexity index is 620. The molecule has 0 aliphatic carbocycles. The number of non-ortho nitro benzene ring substituents is 1. The van der Waals surface area contributed by atoms with Gasteiger partial charge in [-0.15, -0.1) is 0 Å². The van der Waals surface area contributed by atoms with Gasteiger partial charge in [0, 0.05) is 24.2 Å². The lowest BCUT2D eigenvalue weighted by Crippen LogP contribution is -2.28. The molecule has 1 aliphatic heterocycles. The van der Waals surface area contributed by atoms with E-state index in [0.29, 0.717) is 17.3 Å². The average Bonchev–Trinajstić information content (AvgIpc) is 2.98. The topological polar surface area (TPSA) is 94.1 Å². The fraction of sp³-hybridized carbons (Fsp3) is 0.385. The fourth-order valence-electron chi connectivity index (χ4n) is 2.34. The van der Waals surface area contributed by atoms with Crippen LogP contribution >= 0.6 is 0 Å². The maximum Gasteiger partial charge on any atom is 0.270 e. The van der Waals surface area contributed by atoms with E-state index < -0.39 is 4.92 Å². The second-order valence-corrected chi connectivity index (χ2v) is 4.81. The summed E-state index contributed by atoms with van der Waals surface area (Å²) in [5, 5.41) is 18.0. The molecule has 1 fully saturated rings. The Labute approximate surface area is 115 Å². The zero-order valence-corrected chi connectivity index (χ0v) is 10.8. The number of nitrogens with zero attached hydrogens (tertiary/aromatic N) is 3. The van der Waals surface area contributed by atoms with Crippen molar-refractivity contribution in [3.63, 3.8) is 0 Å². The molecule has 1 aromatic heterocycles. The predicted octanol–water partition coefficient (Wildman–Crippen LogP) is 2.11. The highest BCUT2D eigenvalue weighted by Crippen LogP contribution is 2.26. The van der Waals surface area contributed by atoms with E-state index in [9.17, 15) is 10.1 Å². The maximum atomic E-state index is 10.8. The molecule has 0 saturated carbocycles. The van der Waals surface area contributed by atoms with Crippen LogP contribution in [-0.2, 0) is 0 Å². The average molecular weight is 274 g/mol. The first-order valence-electron chi connectivity index (χ1n) is 6.53. The van der Waals surface area contributed by atoms with Crippen LogP contribution in [0.4, 0.5) is 5.69 Å². The van der Waals surface area contributed by atoms with Crippen molar-refractivity contribution in [1.82, 2.24) is 15.5 Å². The molecular weight excluding hydrogens is 260 g/mol. The van der Waals surface area contributed by atoms with Gasteiger partial charge < -0.3 is 9.84 Å². The molecule has 1 N–H and O–H groups in total. The summed E-state index contributed by atoms with van der Waals surface area (Å²) < 4.78 is 5.29. The molecule has 1 atom stereocenters. The molecule has 3 rings (SSSR count). The maximum absolute atomic E-state index is 10.8. The molecule has 104 valence electrons. The Balaban J connectivity index is 1.85. The molecule has 0 spiro atoms. The summed E-state index contributed by atoms with van der Waals surface area (Å²) in [5.41, 5.74) is 0.617. The molecule has 0 amide bonds. The van der Waals surface area contributed by atoms with E-state index in [1.165, 1.54) is 12.1 Å². The molecule has 7 heteroatoms. The van der Waals surface area contributed by atoms with Crippen LogP contribution in [0.3, 0.4) is 0 Å². The first kappa shape index (κ1) is 12.7. The minimum atomic E-state index is -0.435. The molecule has 0 radical (unpaired) electrons. The van der Waals surface area contributed by atoms with Crippen molar-refractivity contribution in [1.29, 1.82) is 0 Å². The van der Waals surface area contributed by atoms with Crippen LogP contribution in [0.25, 0.3) is 11.4 Å². The lowest BCUT2D eigenvalue weighted by atomic mass is 10.00. The molecule has 7 nitrogen and oxygen atoms in total. The van der Waals surface area contributed by atoms with Crippen LogP contribution in [-0.4, -0.2) is 28.2 Å². The summed E-state index contributed by atoms with van der Waals surface area (Å²) in [6.07, 6.45) is 2.10. The molecule has 1 unspecified atom stereocenters. The Hall–Kier alpha value is -2.28. The highest BCUT2D eigenvalue weighted by molar-refractivity contribution is 5.58. The summed E-state index contributed by atoms with van der Waals surface area (Å²) in [5.74, 6) is 1.22. The third kappa shape index (κ3) is 2.53. The van der Waals surface area contributed by atoms with Crippen LogP contribution in [0.5, 0.6) is 0 Å². The lowest BCUT2D eigenvalue weighted by molar-refractivity contribution is -0.384. The number of hydrogen-bond donors (Lipinski definition) is 1. The molecule has 2 heterocycles. The quantitative estimate of drug-likeness (QED) is 0.680. The van der Waals surface area contributed by atoms with Crippen LogP contribution in [0.1, 0.15) is 24.7 Å². The Morgan fingerprint density at radius 1 is 1.45 bits per heavy atom. The molecule has 1 saturated heterocycles. The SMILES string of the molecule is O=[N+]([O-])c1cccc(-c2noc(C3CCCNC3)n2)c1. The summed E-state index contributed by atoms with van der Waals surface area (Å²) in [4.78, 5) is 14.7. The van der Waals surface area contributed by atoms with Crippen molar-refractivity contribution < 1.29 is 9.45 Å². The Morgan fingerprint density at radius 2 is 2.35 bits per heavy atom. The zero-order chi connectivity index (χ0) is 13.9. The van der Waals surface area contributed by atoms with Crippen LogP contribution in [0.2, 0.25) is 0 Å². The molecule has 2 aromatic rings. The minimum absolute atomic E-state index is 0.0215. The van der Waals surface area contributed by atoms with Gasteiger partial charge in [0.05, 0.1) is 10.8 Å². The van der Waals surface area contributed by atoms with Crippen LogP contribution in [0, 0.1) is 10.1 Å². The third-order valence-electron chi connectivity index (χ3n) is 3.40. The number of nitrogens with one attached hydrogen (secondary N) is 1. The van der Waals surface area contributed by atoms with E-state index in [2.05, 4.69) is 15.5 Å². The van der Waals surface area contributed by atoms with Crippen molar-refractivity contribution in [2.45, 2.75) is 18.8 Å². The van der Waals surface area contributed by atoms with Gasteiger partial charge in [-0.3, -0.25) is 10.1 Å². The van der Waals surface area contributed by atoms with Gasteiger partial charge in [0.2, 0.25) is 11.7 Å².